The van der Waals surface area contributed by atoms with Crippen LogP contribution < -0.4 is 4.90 Å². The molecule has 5 nitrogen and oxygen atoms in total. The Morgan fingerprint density at radius 1 is 1.33 bits per heavy atom. The zero-order chi connectivity index (χ0) is 12.4. The van der Waals surface area contributed by atoms with Crippen LogP contribution in [0.1, 0.15) is 18.4 Å². The summed E-state index contributed by atoms with van der Waals surface area (Å²) in [5.41, 5.74) is 0.582. The quantitative estimate of drug-likeness (QED) is 0.746. The van der Waals surface area contributed by atoms with Crippen molar-refractivity contribution in [3.05, 3.63) is 23.9 Å². The molecule has 0 unspecified atom stereocenters. The van der Waals surface area contributed by atoms with Crippen LogP contribution in [0.4, 0.5) is 5.82 Å². The Balaban J connectivity index is 1.77. The maximum absolute atomic E-state index is 8.76. The number of rotatable bonds is 1. The molecule has 3 rings (SSSR count). The minimum Gasteiger partial charge on any atom is -0.351 e. The molecular weight excluding hydrogens is 230 g/mol. The molecule has 5 heteroatoms. The minimum atomic E-state index is -0.437. The van der Waals surface area contributed by atoms with Gasteiger partial charge in [0.25, 0.3) is 0 Å². The summed E-state index contributed by atoms with van der Waals surface area (Å²) in [7, 11) is 0. The van der Waals surface area contributed by atoms with Crippen LogP contribution in [0.2, 0.25) is 0 Å². The van der Waals surface area contributed by atoms with Gasteiger partial charge in [0.2, 0.25) is 0 Å². The molecule has 0 bridgehead atoms. The van der Waals surface area contributed by atoms with Gasteiger partial charge in [-0.25, -0.2) is 4.98 Å². The summed E-state index contributed by atoms with van der Waals surface area (Å²) in [4.78, 5) is 6.48. The van der Waals surface area contributed by atoms with Gasteiger partial charge >= 0.3 is 0 Å². The highest BCUT2D eigenvalue weighted by Gasteiger charge is 2.41. The lowest BCUT2D eigenvalue weighted by Crippen LogP contribution is -2.49. The Labute approximate surface area is 106 Å². The Morgan fingerprint density at radius 2 is 2.17 bits per heavy atom. The molecule has 0 atom stereocenters. The number of hydrogen-bond donors (Lipinski definition) is 0. The van der Waals surface area contributed by atoms with Gasteiger partial charge in [0.1, 0.15) is 11.9 Å². The van der Waals surface area contributed by atoms with Gasteiger partial charge in [-0.2, -0.15) is 5.26 Å². The average Bonchev–Trinajstić information content (AvgIpc) is 2.87. The lowest BCUT2D eigenvalue weighted by Gasteiger charge is -2.39. The molecule has 0 N–H and O–H groups in total. The number of hydrogen-bond acceptors (Lipinski definition) is 5. The smallest absolute Gasteiger partial charge is 0.186 e. The van der Waals surface area contributed by atoms with E-state index in [4.69, 9.17) is 14.7 Å². The van der Waals surface area contributed by atoms with E-state index >= 15 is 0 Å². The Morgan fingerprint density at radius 3 is 2.83 bits per heavy atom. The first-order valence-corrected chi connectivity index (χ1v) is 6.20. The number of pyridine rings is 1. The van der Waals surface area contributed by atoms with Gasteiger partial charge in [0.15, 0.2) is 5.79 Å². The van der Waals surface area contributed by atoms with Crippen molar-refractivity contribution >= 4 is 5.82 Å². The van der Waals surface area contributed by atoms with E-state index in [1.807, 2.05) is 6.07 Å². The number of aromatic nitrogens is 1. The zero-order valence-corrected chi connectivity index (χ0v) is 10.1. The molecule has 0 aliphatic carbocycles. The SMILES string of the molecule is N#Cc1ccc(N2CCCC3(C2)OCCO3)nc1. The molecule has 2 aliphatic heterocycles. The molecule has 94 valence electrons. The predicted molar refractivity (Wildman–Crippen MR) is 65.0 cm³/mol. The van der Waals surface area contributed by atoms with E-state index in [9.17, 15) is 0 Å². The lowest BCUT2D eigenvalue weighted by molar-refractivity contribution is -0.161. The highest BCUT2D eigenvalue weighted by Crippen LogP contribution is 2.31. The number of piperidine rings is 1. The van der Waals surface area contributed by atoms with Gasteiger partial charge in [0.05, 0.1) is 25.3 Å². The molecule has 0 amide bonds. The van der Waals surface area contributed by atoms with Crippen molar-refractivity contribution in [1.29, 1.82) is 5.26 Å². The Bertz CT molecular complexity index is 460. The van der Waals surface area contributed by atoms with Gasteiger partial charge in [-0.05, 0) is 18.6 Å². The van der Waals surface area contributed by atoms with Gasteiger partial charge in [0, 0.05) is 19.2 Å². The first kappa shape index (κ1) is 11.5. The third kappa shape index (κ3) is 2.05. The fourth-order valence-electron chi connectivity index (χ4n) is 2.56. The van der Waals surface area contributed by atoms with E-state index in [-0.39, 0.29) is 0 Å². The summed E-state index contributed by atoms with van der Waals surface area (Å²) >= 11 is 0. The van der Waals surface area contributed by atoms with Crippen LogP contribution in [0.15, 0.2) is 18.3 Å². The standard InChI is InChI=1S/C13H15N3O2/c14-8-11-2-3-12(15-9-11)16-5-1-4-13(10-16)17-6-7-18-13/h2-3,9H,1,4-7,10H2. The summed E-state index contributed by atoms with van der Waals surface area (Å²) in [6, 6.07) is 5.75. The van der Waals surface area contributed by atoms with Crippen LogP contribution in [0.25, 0.3) is 0 Å². The fourth-order valence-corrected chi connectivity index (χ4v) is 2.56. The van der Waals surface area contributed by atoms with Crippen LogP contribution in [0.5, 0.6) is 0 Å². The molecule has 1 spiro atoms. The molecule has 1 aromatic rings. The van der Waals surface area contributed by atoms with Crippen LogP contribution in [-0.2, 0) is 9.47 Å². The topological polar surface area (TPSA) is 58.4 Å². The highest BCUT2D eigenvalue weighted by molar-refractivity contribution is 5.42. The average molecular weight is 245 g/mol. The molecule has 2 fully saturated rings. The molecular formula is C13H15N3O2. The maximum Gasteiger partial charge on any atom is 0.186 e. The van der Waals surface area contributed by atoms with Crippen LogP contribution >= 0.6 is 0 Å². The summed E-state index contributed by atoms with van der Waals surface area (Å²) < 4.78 is 11.5. The molecule has 0 saturated carbocycles. The second-order valence-corrected chi connectivity index (χ2v) is 4.65. The van der Waals surface area contributed by atoms with Crippen molar-refractivity contribution in [2.24, 2.45) is 0 Å². The molecule has 0 radical (unpaired) electrons. The monoisotopic (exact) mass is 245 g/mol. The normalized spacial score (nSPS) is 22.1. The second-order valence-electron chi connectivity index (χ2n) is 4.65. The molecule has 0 aromatic carbocycles. The van der Waals surface area contributed by atoms with E-state index in [1.54, 1.807) is 12.3 Å². The van der Waals surface area contributed by atoms with Crippen molar-refractivity contribution < 1.29 is 9.47 Å². The number of nitriles is 1. The van der Waals surface area contributed by atoms with E-state index in [0.29, 0.717) is 25.3 Å². The number of ether oxygens (including phenoxy) is 2. The highest BCUT2D eigenvalue weighted by atomic mass is 16.7. The molecule has 2 aliphatic rings. The largest absolute Gasteiger partial charge is 0.351 e. The Hall–Kier alpha value is -1.64. The summed E-state index contributed by atoms with van der Waals surface area (Å²) in [5, 5.41) is 8.76. The first-order chi connectivity index (χ1) is 8.81. The zero-order valence-electron chi connectivity index (χ0n) is 10.1. The van der Waals surface area contributed by atoms with Gasteiger partial charge in [-0.3, -0.25) is 0 Å². The second kappa shape index (κ2) is 4.56. The van der Waals surface area contributed by atoms with Crippen molar-refractivity contribution in [1.82, 2.24) is 4.98 Å². The van der Waals surface area contributed by atoms with E-state index in [1.165, 1.54) is 0 Å². The van der Waals surface area contributed by atoms with Crippen molar-refractivity contribution in [2.45, 2.75) is 18.6 Å². The third-order valence-electron chi connectivity index (χ3n) is 3.43. The van der Waals surface area contributed by atoms with Crippen molar-refractivity contribution in [3.63, 3.8) is 0 Å². The minimum absolute atomic E-state index is 0.437. The van der Waals surface area contributed by atoms with Crippen LogP contribution in [0.3, 0.4) is 0 Å². The summed E-state index contributed by atoms with van der Waals surface area (Å²) in [6.07, 6.45) is 3.58. The Kier molecular flexibility index (Phi) is 2.90. The summed E-state index contributed by atoms with van der Waals surface area (Å²) in [6.45, 7) is 3.02. The lowest BCUT2D eigenvalue weighted by atomic mass is 10.0. The van der Waals surface area contributed by atoms with Gasteiger partial charge < -0.3 is 14.4 Å². The molecule has 3 heterocycles. The number of nitrogens with zero attached hydrogens (tertiary/aromatic N) is 3. The van der Waals surface area contributed by atoms with E-state index in [2.05, 4.69) is 16.0 Å². The molecule has 1 aromatic heterocycles. The first-order valence-electron chi connectivity index (χ1n) is 6.20. The maximum atomic E-state index is 8.76. The predicted octanol–water partition coefficient (Wildman–Crippen LogP) is 1.30. The van der Waals surface area contributed by atoms with Gasteiger partial charge in [-0.1, -0.05) is 0 Å². The third-order valence-corrected chi connectivity index (χ3v) is 3.43. The fraction of sp³-hybridized carbons (Fsp3) is 0.538. The van der Waals surface area contributed by atoms with Crippen LogP contribution in [0, 0.1) is 11.3 Å². The number of anilines is 1. The van der Waals surface area contributed by atoms with Gasteiger partial charge in [-0.15, -0.1) is 0 Å². The van der Waals surface area contributed by atoms with Crippen LogP contribution in [-0.4, -0.2) is 37.1 Å². The van der Waals surface area contributed by atoms with Crippen molar-refractivity contribution in [2.75, 3.05) is 31.2 Å². The van der Waals surface area contributed by atoms with Crippen molar-refractivity contribution in [3.8, 4) is 6.07 Å². The molecule has 2 saturated heterocycles. The molecule has 18 heavy (non-hydrogen) atoms. The van der Waals surface area contributed by atoms with E-state index < -0.39 is 5.79 Å². The van der Waals surface area contributed by atoms with E-state index in [0.717, 1.165) is 25.2 Å². The summed E-state index contributed by atoms with van der Waals surface area (Å²) in [5.74, 6) is 0.445.